The van der Waals surface area contributed by atoms with Gasteiger partial charge in [-0.05, 0) is 86.2 Å². The normalized spacial score (nSPS) is 15.5. The Morgan fingerprint density at radius 1 is 1.05 bits per heavy atom. The highest BCUT2D eigenvalue weighted by Crippen LogP contribution is 2.32. The predicted molar refractivity (Wildman–Crippen MR) is 150 cm³/mol. The van der Waals surface area contributed by atoms with E-state index in [1.165, 1.54) is 11.3 Å². The summed E-state index contributed by atoms with van der Waals surface area (Å²) in [5.41, 5.74) is 4.46. The van der Waals surface area contributed by atoms with E-state index in [4.69, 9.17) is 14.2 Å². The van der Waals surface area contributed by atoms with Crippen LogP contribution in [0.5, 0.6) is 11.5 Å². The van der Waals surface area contributed by atoms with Crippen molar-refractivity contribution < 1.29 is 19.0 Å². The SMILES string of the molecule is COc1ccc([C@H]2C(C(=O)OC(C)C)=C(C)N=c3s/c(=C/c4cc(C(C)C)c(OC)cc4C)c(=O)n32)cc1. The number of rotatable bonds is 7. The van der Waals surface area contributed by atoms with Gasteiger partial charge in [0.15, 0.2) is 4.80 Å². The first kappa shape index (κ1) is 27.4. The molecule has 0 N–H and O–H groups in total. The molecule has 200 valence electrons. The monoisotopic (exact) mass is 534 g/mol. The fourth-order valence-corrected chi connectivity index (χ4v) is 5.64. The maximum atomic E-state index is 13.9. The van der Waals surface area contributed by atoms with Crippen molar-refractivity contribution >= 4 is 23.4 Å². The first-order chi connectivity index (χ1) is 18.0. The lowest BCUT2D eigenvalue weighted by atomic mass is 9.95. The van der Waals surface area contributed by atoms with Crippen molar-refractivity contribution in [2.45, 2.75) is 59.6 Å². The molecular weight excluding hydrogens is 500 g/mol. The van der Waals surface area contributed by atoms with Gasteiger partial charge in [0.2, 0.25) is 0 Å². The first-order valence-electron chi connectivity index (χ1n) is 12.6. The van der Waals surface area contributed by atoms with Crippen LogP contribution in [0.2, 0.25) is 0 Å². The fourth-order valence-electron chi connectivity index (χ4n) is 4.60. The molecule has 2 aromatic carbocycles. The molecule has 0 bridgehead atoms. The van der Waals surface area contributed by atoms with E-state index in [0.717, 1.165) is 28.0 Å². The van der Waals surface area contributed by atoms with Crippen LogP contribution in [-0.4, -0.2) is 30.9 Å². The second-order valence-corrected chi connectivity index (χ2v) is 10.9. The van der Waals surface area contributed by atoms with Crippen molar-refractivity contribution in [3.8, 4) is 11.5 Å². The Bertz CT molecular complexity index is 1580. The molecule has 4 rings (SSSR count). The lowest BCUT2D eigenvalue weighted by Gasteiger charge is -2.25. The Morgan fingerprint density at radius 2 is 1.74 bits per heavy atom. The van der Waals surface area contributed by atoms with Gasteiger partial charge < -0.3 is 14.2 Å². The number of nitrogens with zero attached hydrogens (tertiary/aromatic N) is 2. The van der Waals surface area contributed by atoms with E-state index < -0.39 is 12.0 Å². The topological polar surface area (TPSA) is 79.1 Å². The summed E-state index contributed by atoms with van der Waals surface area (Å²) in [6.45, 7) is 11.6. The fraction of sp³-hybridized carbons (Fsp3) is 0.367. The number of hydrogen-bond donors (Lipinski definition) is 0. The average Bonchev–Trinajstić information content (AvgIpc) is 3.17. The summed E-state index contributed by atoms with van der Waals surface area (Å²) in [5, 5.41) is 0. The third kappa shape index (κ3) is 5.18. The zero-order chi connectivity index (χ0) is 27.7. The molecule has 0 aliphatic carbocycles. The minimum Gasteiger partial charge on any atom is -0.497 e. The van der Waals surface area contributed by atoms with Gasteiger partial charge in [-0.1, -0.05) is 37.3 Å². The van der Waals surface area contributed by atoms with Gasteiger partial charge in [-0.15, -0.1) is 0 Å². The van der Waals surface area contributed by atoms with E-state index >= 15 is 0 Å². The second kappa shape index (κ2) is 11.0. The van der Waals surface area contributed by atoms with Crippen molar-refractivity contribution in [3.05, 3.63) is 89.6 Å². The number of hydrogen-bond acceptors (Lipinski definition) is 7. The lowest BCUT2D eigenvalue weighted by Crippen LogP contribution is -2.40. The van der Waals surface area contributed by atoms with Crippen LogP contribution >= 0.6 is 11.3 Å². The van der Waals surface area contributed by atoms with Crippen LogP contribution < -0.4 is 24.4 Å². The van der Waals surface area contributed by atoms with Crippen molar-refractivity contribution in [1.29, 1.82) is 0 Å². The number of ether oxygens (including phenoxy) is 3. The average molecular weight is 535 g/mol. The Kier molecular flexibility index (Phi) is 7.92. The number of esters is 1. The van der Waals surface area contributed by atoms with E-state index in [1.54, 1.807) is 39.6 Å². The van der Waals surface area contributed by atoms with E-state index in [2.05, 4.69) is 24.9 Å². The zero-order valence-corrected chi connectivity index (χ0v) is 23.9. The van der Waals surface area contributed by atoms with Gasteiger partial charge in [-0.2, -0.15) is 0 Å². The molecule has 0 saturated heterocycles. The number of fused-ring (bicyclic) bond motifs is 1. The van der Waals surface area contributed by atoms with Crippen LogP contribution in [0.4, 0.5) is 0 Å². The molecule has 7 nitrogen and oxygen atoms in total. The largest absolute Gasteiger partial charge is 0.497 e. The van der Waals surface area contributed by atoms with Gasteiger partial charge in [0, 0.05) is 0 Å². The molecule has 8 heteroatoms. The highest BCUT2D eigenvalue weighted by molar-refractivity contribution is 7.07. The Labute approximate surface area is 226 Å². The smallest absolute Gasteiger partial charge is 0.338 e. The van der Waals surface area contributed by atoms with Crippen molar-refractivity contribution in [3.63, 3.8) is 0 Å². The summed E-state index contributed by atoms with van der Waals surface area (Å²) in [6, 6.07) is 10.8. The van der Waals surface area contributed by atoms with Crippen LogP contribution in [-0.2, 0) is 9.53 Å². The standard InChI is InChI=1S/C30H34N2O5S/c1-16(2)23-14-21(18(5)13-24(23)36-8)15-25-28(33)32-27(20-9-11-22(35-7)12-10-20)26(29(34)37-17(3)4)19(6)31-30(32)38-25/h9-17,27H,1-8H3/b25-15+/t27-/m0/s1. The van der Waals surface area contributed by atoms with Crippen LogP contribution in [0.15, 0.2) is 57.5 Å². The van der Waals surface area contributed by atoms with E-state index in [1.807, 2.05) is 43.3 Å². The van der Waals surface area contributed by atoms with E-state index in [0.29, 0.717) is 26.4 Å². The summed E-state index contributed by atoms with van der Waals surface area (Å²) in [6.07, 6.45) is 1.60. The number of methoxy groups -OCH3 is 2. The number of allylic oxidation sites excluding steroid dienone is 1. The molecule has 1 aromatic heterocycles. The third-order valence-corrected chi connectivity index (χ3v) is 7.53. The molecule has 0 radical (unpaired) electrons. The summed E-state index contributed by atoms with van der Waals surface area (Å²) in [5.74, 6) is 1.29. The first-order valence-corrected chi connectivity index (χ1v) is 13.4. The summed E-state index contributed by atoms with van der Waals surface area (Å²) in [4.78, 5) is 32.4. The van der Waals surface area contributed by atoms with Gasteiger partial charge in [0.1, 0.15) is 11.5 Å². The Morgan fingerprint density at radius 3 is 2.32 bits per heavy atom. The highest BCUT2D eigenvalue weighted by atomic mass is 32.1. The third-order valence-electron chi connectivity index (χ3n) is 6.54. The maximum Gasteiger partial charge on any atom is 0.338 e. The Hall–Kier alpha value is -3.65. The van der Waals surface area contributed by atoms with Gasteiger partial charge in [-0.25, -0.2) is 9.79 Å². The summed E-state index contributed by atoms with van der Waals surface area (Å²) < 4.78 is 18.6. The second-order valence-electron chi connectivity index (χ2n) is 9.91. The van der Waals surface area contributed by atoms with Crippen molar-refractivity contribution in [2.75, 3.05) is 14.2 Å². The van der Waals surface area contributed by atoms with Crippen LogP contribution in [0.3, 0.4) is 0 Å². The summed E-state index contributed by atoms with van der Waals surface area (Å²) in [7, 11) is 3.27. The van der Waals surface area contributed by atoms with E-state index in [-0.39, 0.29) is 17.6 Å². The zero-order valence-electron chi connectivity index (χ0n) is 23.1. The molecule has 0 saturated carbocycles. The van der Waals surface area contributed by atoms with Gasteiger partial charge in [0.25, 0.3) is 5.56 Å². The molecule has 0 fully saturated rings. The molecule has 2 heterocycles. The number of thiazole rings is 1. The molecule has 38 heavy (non-hydrogen) atoms. The van der Waals surface area contributed by atoms with Gasteiger partial charge in [-0.3, -0.25) is 9.36 Å². The van der Waals surface area contributed by atoms with Crippen molar-refractivity contribution in [2.24, 2.45) is 4.99 Å². The van der Waals surface area contributed by atoms with Crippen LogP contribution in [0.1, 0.15) is 68.8 Å². The molecule has 1 aliphatic rings. The summed E-state index contributed by atoms with van der Waals surface area (Å²) >= 11 is 1.31. The molecule has 3 aromatic rings. The van der Waals surface area contributed by atoms with Crippen molar-refractivity contribution in [1.82, 2.24) is 4.57 Å². The molecule has 0 unspecified atom stereocenters. The van der Waals surface area contributed by atoms with Gasteiger partial charge in [0.05, 0.1) is 42.2 Å². The number of carbonyl (C=O) groups is 1. The number of carbonyl (C=O) groups excluding carboxylic acids is 1. The minimum absolute atomic E-state index is 0.210. The number of benzene rings is 2. The predicted octanol–water partition coefficient (Wildman–Crippen LogP) is 4.64. The Balaban J connectivity index is 1.94. The highest BCUT2D eigenvalue weighted by Gasteiger charge is 2.33. The molecule has 0 spiro atoms. The van der Waals surface area contributed by atoms with Crippen LogP contribution in [0, 0.1) is 6.92 Å². The molecular formula is C30H34N2O5S. The van der Waals surface area contributed by atoms with Crippen LogP contribution in [0.25, 0.3) is 6.08 Å². The minimum atomic E-state index is -0.672. The molecule has 1 atom stereocenters. The maximum absolute atomic E-state index is 13.9. The quantitative estimate of drug-likeness (QED) is 0.413. The number of aromatic nitrogens is 1. The molecule has 0 amide bonds. The van der Waals surface area contributed by atoms with Gasteiger partial charge >= 0.3 is 5.97 Å². The molecule has 1 aliphatic heterocycles. The lowest BCUT2D eigenvalue weighted by molar-refractivity contribution is -0.143. The van der Waals surface area contributed by atoms with E-state index in [9.17, 15) is 9.59 Å². The number of aryl methyl sites for hydroxylation is 1.